The lowest BCUT2D eigenvalue weighted by atomic mass is 9.99. The van der Waals surface area contributed by atoms with E-state index in [1.807, 2.05) is 32.0 Å². The standard InChI is InChI=1S/C19H26N2O5/c1-12-7-6-8-13(2)14(12)15(22)21-10-9-19(11-21,16(23)24)20-17(25)26-18(3,4)5/h6-8H,9-11H2,1-5H3,(H,20,25)(H,23,24). The molecule has 1 aliphatic rings. The Morgan fingerprint density at radius 1 is 1.19 bits per heavy atom. The van der Waals surface area contributed by atoms with Gasteiger partial charge in [-0.15, -0.1) is 0 Å². The Kier molecular flexibility index (Phi) is 5.30. The molecule has 2 amide bonds. The molecule has 1 aromatic carbocycles. The lowest BCUT2D eigenvalue weighted by Gasteiger charge is -2.28. The van der Waals surface area contributed by atoms with E-state index in [-0.39, 0.29) is 25.4 Å². The number of likely N-dealkylation sites (tertiary alicyclic amines) is 1. The number of carboxylic acids is 1. The molecule has 1 aliphatic heterocycles. The molecule has 2 rings (SSSR count). The highest BCUT2D eigenvalue weighted by Crippen LogP contribution is 2.26. The predicted octanol–water partition coefficient (Wildman–Crippen LogP) is 2.50. The van der Waals surface area contributed by atoms with E-state index in [4.69, 9.17) is 4.74 Å². The summed E-state index contributed by atoms with van der Waals surface area (Å²) in [7, 11) is 0. The average molecular weight is 362 g/mol. The third-order valence-electron chi connectivity index (χ3n) is 4.40. The first-order chi connectivity index (χ1) is 11.9. The molecule has 1 saturated heterocycles. The summed E-state index contributed by atoms with van der Waals surface area (Å²) in [5, 5.41) is 12.1. The normalized spacial score (nSPS) is 20.0. The molecule has 26 heavy (non-hydrogen) atoms. The van der Waals surface area contributed by atoms with Crippen LogP contribution in [0.2, 0.25) is 0 Å². The third-order valence-corrected chi connectivity index (χ3v) is 4.40. The largest absolute Gasteiger partial charge is 0.479 e. The average Bonchev–Trinajstić information content (AvgIpc) is 2.90. The molecule has 0 radical (unpaired) electrons. The Bertz CT molecular complexity index is 718. The van der Waals surface area contributed by atoms with Crippen molar-refractivity contribution in [3.05, 3.63) is 34.9 Å². The van der Waals surface area contributed by atoms with Crippen LogP contribution in [0.5, 0.6) is 0 Å². The Morgan fingerprint density at radius 3 is 2.27 bits per heavy atom. The van der Waals surface area contributed by atoms with Crippen LogP contribution in [0, 0.1) is 13.8 Å². The Morgan fingerprint density at radius 2 is 1.77 bits per heavy atom. The lowest BCUT2D eigenvalue weighted by molar-refractivity contribution is -0.144. The maximum Gasteiger partial charge on any atom is 0.408 e. The van der Waals surface area contributed by atoms with Crippen LogP contribution >= 0.6 is 0 Å². The molecule has 1 unspecified atom stereocenters. The zero-order chi connectivity index (χ0) is 19.7. The van der Waals surface area contributed by atoms with Gasteiger partial charge >= 0.3 is 12.1 Å². The lowest BCUT2D eigenvalue weighted by Crippen LogP contribution is -2.57. The van der Waals surface area contributed by atoms with E-state index in [1.54, 1.807) is 20.8 Å². The molecule has 1 atom stereocenters. The Balaban J connectivity index is 2.20. The zero-order valence-electron chi connectivity index (χ0n) is 15.9. The van der Waals surface area contributed by atoms with E-state index in [0.29, 0.717) is 5.56 Å². The molecule has 0 saturated carbocycles. The second kappa shape index (κ2) is 6.97. The van der Waals surface area contributed by atoms with Gasteiger partial charge in [0.05, 0.1) is 6.54 Å². The minimum atomic E-state index is -1.55. The van der Waals surface area contributed by atoms with E-state index >= 15 is 0 Å². The number of benzene rings is 1. The summed E-state index contributed by atoms with van der Waals surface area (Å²) in [5.41, 5.74) is -0.0399. The summed E-state index contributed by atoms with van der Waals surface area (Å²) in [6.07, 6.45) is -0.681. The molecule has 1 heterocycles. The smallest absolute Gasteiger partial charge is 0.408 e. The first-order valence-corrected chi connectivity index (χ1v) is 8.55. The van der Waals surface area contributed by atoms with E-state index in [1.165, 1.54) is 4.90 Å². The van der Waals surface area contributed by atoms with Crippen molar-refractivity contribution in [2.75, 3.05) is 13.1 Å². The number of amides is 2. The molecular weight excluding hydrogens is 336 g/mol. The van der Waals surface area contributed by atoms with E-state index in [9.17, 15) is 19.5 Å². The molecule has 0 aromatic heterocycles. The summed E-state index contributed by atoms with van der Waals surface area (Å²) in [5.74, 6) is -1.41. The van der Waals surface area contributed by atoms with Crippen molar-refractivity contribution in [3.63, 3.8) is 0 Å². The summed E-state index contributed by atoms with van der Waals surface area (Å²) in [6.45, 7) is 8.94. The van der Waals surface area contributed by atoms with Gasteiger partial charge in [-0.05, 0) is 45.7 Å². The van der Waals surface area contributed by atoms with Crippen LogP contribution in [0.25, 0.3) is 0 Å². The number of nitrogens with one attached hydrogen (secondary N) is 1. The molecule has 7 nitrogen and oxygen atoms in total. The minimum absolute atomic E-state index is 0.103. The van der Waals surface area contributed by atoms with Crippen LogP contribution in [0.3, 0.4) is 0 Å². The first-order valence-electron chi connectivity index (χ1n) is 8.55. The number of carboxylic acid groups (broad SMARTS) is 1. The fourth-order valence-corrected chi connectivity index (χ4v) is 3.12. The quantitative estimate of drug-likeness (QED) is 0.861. The highest BCUT2D eigenvalue weighted by Gasteiger charge is 2.48. The first kappa shape index (κ1) is 19.8. The molecule has 0 aliphatic carbocycles. The molecule has 1 aromatic rings. The summed E-state index contributed by atoms with van der Waals surface area (Å²) in [6, 6.07) is 5.57. The molecule has 0 spiro atoms. The highest BCUT2D eigenvalue weighted by molar-refractivity contribution is 5.98. The zero-order valence-corrected chi connectivity index (χ0v) is 15.9. The molecule has 7 heteroatoms. The van der Waals surface area contributed by atoms with Crippen molar-refractivity contribution < 1.29 is 24.2 Å². The van der Waals surface area contributed by atoms with Gasteiger partial charge in [-0.3, -0.25) is 4.79 Å². The maximum absolute atomic E-state index is 12.9. The van der Waals surface area contributed by atoms with Crippen LogP contribution in [0.15, 0.2) is 18.2 Å². The predicted molar refractivity (Wildman–Crippen MR) is 96.2 cm³/mol. The highest BCUT2D eigenvalue weighted by atomic mass is 16.6. The monoisotopic (exact) mass is 362 g/mol. The van der Waals surface area contributed by atoms with Gasteiger partial charge in [0.25, 0.3) is 5.91 Å². The molecule has 142 valence electrons. The van der Waals surface area contributed by atoms with Crippen LogP contribution in [-0.4, -0.2) is 52.2 Å². The van der Waals surface area contributed by atoms with E-state index in [0.717, 1.165) is 11.1 Å². The molecule has 1 fully saturated rings. The van der Waals surface area contributed by atoms with Crippen LogP contribution in [0.4, 0.5) is 4.79 Å². The number of hydrogen-bond acceptors (Lipinski definition) is 4. The number of carbonyl (C=O) groups is 3. The number of rotatable bonds is 3. The van der Waals surface area contributed by atoms with E-state index in [2.05, 4.69) is 5.32 Å². The number of aryl methyl sites for hydroxylation is 2. The number of aliphatic carboxylic acids is 1. The topological polar surface area (TPSA) is 95.9 Å². The van der Waals surface area contributed by atoms with Crippen molar-refractivity contribution in [2.45, 2.75) is 52.2 Å². The maximum atomic E-state index is 12.9. The number of carbonyl (C=O) groups excluding carboxylic acids is 2. The van der Waals surface area contributed by atoms with E-state index < -0.39 is 23.2 Å². The number of alkyl carbamates (subject to hydrolysis) is 1. The van der Waals surface area contributed by atoms with Gasteiger partial charge in [0.1, 0.15) is 5.60 Å². The van der Waals surface area contributed by atoms with Crippen molar-refractivity contribution in [2.24, 2.45) is 0 Å². The Hall–Kier alpha value is -2.57. The molecular formula is C19H26N2O5. The van der Waals surface area contributed by atoms with Crippen LogP contribution in [0.1, 0.15) is 48.7 Å². The van der Waals surface area contributed by atoms with Crippen molar-refractivity contribution >= 4 is 18.0 Å². The molecule has 2 N–H and O–H groups in total. The van der Waals surface area contributed by atoms with Crippen LogP contribution in [-0.2, 0) is 9.53 Å². The number of ether oxygens (including phenoxy) is 1. The third kappa shape index (κ3) is 4.15. The number of hydrogen-bond donors (Lipinski definition) is 2. The van der Waals surface area contributed by atoms with Crippen molar-refractivity contribution in [3.8, 4) is 0 Å². The minimum Gasteiger partial charge on any atom is -0.479 e. The number of nitrogens with zero attached hydrogens (tertiary/aromatic N) is 1. The summed E-state index contributed by atoms with van der Waals surface area (Å²) >= 11 is 0. The van der Waals surface area contributed by atoms with Crippen LogP contribution < -0.4 is 5.32 Å². The van der Waals surface area contributed by atoms with Gasteiger partial charge in [0, 0.05) is 18.5 Å². The van der Waals surface area contributed by atoms with Gasteiger partial charge in [-0.1, -0.05) is 18.2 Å². The molecule has 0 bridgehead atoms. The fraction of sp³-hybridized carbons (Fsp3) is 0.526. The second-order valence-corrected chi connectivity index (χ2v) is 7.76. The van der Waals surface area contributed by atoms with Gasteiger partial charge in [-0.25, -0.2) is 9.59 Å². The Labute approximate surface area is 153 Å². The fourth-order valence-electron chi connectivity index (χ4n) is 3.12. The van der Waals surface area contributed by atoms with Crippen molar-refractivity contribution in [1.29, 1.82) is 0 Å². The van der Waals surface area contributed by atoms with Gasteiger partial charge in [0.15, 0.2) is 5.54 Å². The summed E-state index contributed by atoms with van der Waals surface area (Å²) < 4.78 is 5.18. The van der Waals surface area contributed by atoms with Crippen molar-refractivity contribution in [1.82, 2.24) is 10.2 Å². The SMILES string of the molecule is Cc1cccc(C)c1C(=O)N1CCC(NC(=O)OC(C)(C)C)(C(=O)O)C1. The van der Waals surface area contributed by atoms with Gasteiger partial charge < -0.3 is 20.1 Å². The van der Waals surface area contributed by atoms with Gasteiger partial charge in [0.2, 0.25) is 0 Å². The second-order valence-electron chi connectivity index (χ2n) is 7.76. The van der Waals surface area contributed by atoms with Gasteiger partial charge in [-0.2, -0.15) is 0 Å². The summed E-state index contributed by atoms with van der Waals surface area (Å²) in [4.78, 5) is 38.3.